The van der Waals surface area contributed by atoms with Gasteiger partial charge in [0.1, 0.15) is 0 Å². The lowest BCUT2D eigenvalue weighted by molar-refractivity contribution is 0.934. The molecule has 2 unspecified atom stereocenters. The molecule has 1 saturated carbocycles. The van der Waals surface area contributed by atoms with E-state index in [0.717, 1.165) is 17.2 Å². The number of halogens is 1. The van der Waals surface area contributed by atoms with Crippen molar-refractivity contribution in [3.8, 4) is 0 Å². The van der Waals surface area contributed by atoms with Crippen LogP contribution in [0.15, 0.2) is 18.2 Å². The lowest BCUT2D eigenvalue weighted by atomic mass is 10.0. The third-order valence-electron chi connectivity index (χ3n) is 2.79. The first-order chi connectivity index (χ1) is 6.20. The predicted octanol–water partition coefficient (Wildman–Crippen LogP) is 3.80. The Kier molecular flexibility index (Phi) is 2.46. The highest BCUT2D eigenvalue weighted by Crippen LogP contribution is 2.48. The molecule has 0 heterocycles. The molecule has 2 atom stereocenters. The van der Waals surface area contributed by atoms with Gasteiger partial charge in [0.05, 0.1) is 0 Å². The Labute approximate surface area is 88.5 Å². The third kappa shape index (κ3) is 1.96. The van der Waals surface area contributed by atoms with E-state index in [4.69, 9.17) is 0 Å². The first-order valence-corrected chi connectivity index (χ1v) is 5.97. The molecule has 2 rings (SSSR count). The summed E-state index contributed by atoms with van der Waals surface area (Å²) in [6.07, 6.45) is 1.37. The molecule has 0 aliphatic heterocycles. The normalized spacial score (nSPS) is 26.1. The maximum Gasteiger partial charge on any atom is 0.00657 e. The molecule has 0 aromatic heterocycles. The van der Waals surface area contributed by atoms with Crippen molar-refractivity contribution in [1.29, 1.82) is 0 Å². The fourth-order valence-corrected chi connectivity index (χ4v) is 2.77. The number of hydrogen-bond acceptors (Lipinski definition) is 0. The Morgan fingerprint density at radius 3 is 2.31 bits per heavy atom. The van der Waals surface area contributed by atoms with E-state index in [2.05, 4.69) is 48.0 Å². The van der Waals surface area contributed by atoms with Crippen LogP contribution in [0.1, 0.15) is 29.0 Å². The predicted molar refractivity (Wildman–Crippen MR) is 60.6 cm³/mol. The Morgan fingerprint density at radius 2 is 1.85 bits per heavy atom. The molecule has 1 aliphatic carbocycles. The van der Waals surface area contributed by atoms with Gasteiger partial charge in [-0.2, -0.15) is 0 Å². The van der Waals surface area contributed by atoms with Crippen molar-refractivity contribution in [3.05, 3.63) is 34.9 Å². The molecular formula is C12H15Br. The van der Waals surface area contributed by atoms with Gasteiger partial charge in [-0.25, -0.2) is 0 Å². The molecule has 13 heavy (non-hydrogen) atoms. The average molecular weight is 239 g/mol. The molecule has 1 heteroatoms. The van der Waals surface area contributed by atoms with Crippen LogP contribution in [0.5, 0.6) is 0 Å². The van der Waals surface area contributed by atoms with Gasteiger partial charge in [0, 0.05) is 5.33 Å². The van der Waals surface area contributed by atoms with E-state index in [-0.39, 0.29) is 0 Å². The van der Waals surface area contributed by atoms with Gasteiger partial charge in [0.15, 0.2) is 0 Å². The topological polar surface area (TPSA) is 0 Å². The number of hydrogen-bond donors (Lipinski definition) is 0. The highest BCUT2D eigenvalue weighted by atomic mass is 79.9. The van der Waals surface area contributed by atoms with Crippen molar-refractivity contribution in [2.75, 3.05) is 5.33 Å². The summed E-state index contributed by atoms with van der Waals surface area (Å²) in [5.74, 6) is 1.72. The maximum atomic E-state index is 3.55. The fourth-order valence-electron chi connectivity index (χ4n) is 2.05. The smallest absolute Gasteiger partial charge is 0.00657 e. The van der Waals surface area contributed by atoms with E-state index in [1.807, 2.05) is 0 Å². The lowest BCUT2D eigenvalue weighted by Crippen LogP contribution is -1.87. The minimum atomic E-state index is 0.831. The molecule has 0 nitrogen and oxygen atoms in total. The average Bonchev–Trinajstić information content (AvgIpc) is 2.80. The number of rotatable bonds is 2. The summed E-state index contributed by atoms with van der Waals surface area (Å²) in [6.45, 7) is 4.37. The summed E-state index contributed by atoms with van der Waals surface area (Å²) in [6, 6.07) is 6.91. The van der Waals surface area contributed by atoms with E-state index in [9.17, 15) is 0 Å². The van der Waals surface area contributed by atoms with Gasteiger partial charge in [-0.1, -0.05) is 45.3 Å². The van der Waals surface area contributed by atoms with Crippen LogP contribution in [-0.2, 0) is 0 Å². The Balaban J connectivity index is 2.22. The quantitative estimate of drug-likeness (QED) is 0.688. The summed E-state index contributed by atoms with van der Waals surface area (Å²) < 4.78 is 0. The molecule has 1 fully saturated rings. The molecular weight excluding hydrogens is 224 g/mol. The van der Waals surface area contributed by atoms with Gasteiger partial charge in [0.25, 0.3) is 0 Å². The molecule has 0 radical (unpaired) electrons. The zero-order chi connectivity index (χ0) is 9.42. The van der Waals surface area contributed by atoms with Crippen LogP contribution in [0.3, 0.4) is 0 Å². The number of benzene rings is 1. The van der Waals surface area contributed by atoms with Crippen LogP contribution in [0.25, 0.3) is 0 Å². The van der Waals surface area contributed by atoms with Crippen LogP contribution in [-0.4, -0.2) is 5.33 Å². The number of aryl methyl sites for hydroxylation is 2. The van der Waals surface area contributed by atoms with Gasteiger partial charge >= 0.3 is 0 Å². The van der Waals surface area contributed by atoms with Crippen molar-refractivity contribution in [2.24, 2.45) is 5.92 Å². The fraction of sp³-hybridized carbons (Fsp3) is 0.500. The van der Waals surface area contributed by atoms with Crippen LogP contribution >= 0.6 is 15.9 Å². The highest BCUT2D eigenvalue weighted by molar-refractivity contribution is 9.09. The summed E-state index contributed by atoms with van der Waals surface area (Å²) in [7, 11) is 0. The van der Waals surface area contributed by atoms with Gasteiger partial charge in [-0.15, -0.1) is 0 Å². The molecule has 0 saturated heterocycles. The minimum Gasteiger partial charge on any atom is -0.0925 e. The zero-order valence-electron chi connectivity index (χ0n) is 8.18. The van der Waals surface area contributed by atoms with E-state index < -0.39 is 0 Å². The summed E-state index contributed by atoms with van der Waals surface area (Å²) >= 11 is 3.55. The van der Waals surface area contributed by atoms with Gasteiger partial charge in [0.2, 0.25) is 0 Å². The minimum absolute atomic E-state index is 0.831. The molecule has 0 amide bonds. The summed E-state index contributed by atoms with van der Waals surface area (Å²) in [4.78, 5) is 0. The molecule has 1 aromatic rings. The molecule has 1 aliphatic rings. The van der Waals surface area contributed by atoms with E-state index in [0.29, 0.717) is 0 Å². The van der Waals surface area contributed by atoms with Crippen LogP contribution in [0.4, 0.5) is 0 Å². The van der Waals surface area contributed by atoms with E-state index >= 15 is 0 Å². The van der Waals surface area contributed by atoms with Gasteiger partial charge in [-0.05, 0) is 37.7 Å². The third-order valence-corrected chi connectivity index (χ3v) is 3.62. The van der Waals surface area contributed by atoms with Crippen molar-refractivity contribution in [1.82, 2.24) is 0 Å². The second kappa shape index (κ2) is 3.45. The maximum absolute atomic E-state index is 3.55. The zero-order valence-corrected chi connectivity index (χ0v) is 9.76. The Morgan fingerprint density at radius 1 is 1.23 bits per heavy atom. The van der Waals surface area contributed by atoms with Gasteiger partial charge < -0.3 is 0 Å². The first-order valence-electron chi connectivity index (χ1n) is 4.85. The second-order valence-electron chi connectivity index (χ2n) is 4.18. The first kappa shape index (κ1) is 9.26. The number of alkyl halides is 1. The van der Waals surface area contributed by atoms with Gasteiger partial charge in [-0.3, -0.25) is 0 Å². The second-order valence-corrected chi connectivity index (χ2v) is 4.83. The standard InChI is InChI=1S/C12H15Br/c1-8-3-9(2)5-10(4-8)12-6-11(12)7-13/h3-5,11-12H,6-7H2,1-2H3. The Bertz CT molecular complexity index is 297. The van der Waals surface area contributed by atoms with Crippen LogP contribution < -0.4 is 0 Å². The van der Waals surface area contributed by atoms with E-state index in [1.165, 1.54) is 17.5 Å². The SMILES string of the molecule is Cc1cc(C)cc(C2CC2CBr)c1. The molecule has 0 bridgehead atoms. The van der Waals surface area contributed by atoms with Crippen molar-refractivity contribution in [3.63, 3.8) is 0 Å². The summed E-state index contributed by atoms with van der Waals surface area (Å²) in [5.41, 5.74) is 4.34. The highest BCUT2D eigenvalue weighted by Gasteiger charge is 2.37. The lowest BCUT2D eigenvalue weighted by Gasteiger charge is -2.03. The van der Waals surface area contributed by atoms with Crippen LogP contribution in [0, 0.1) is 19.8 Å². The monoisotopic (exact) mass is 238 g/mol. The Hall–Kier alpha value is -0.300. The van der Waals surface area contributed by atoms with Crippen molar-refractivity contribution in [2.45, 2.75) is 26.2 Å². The van der Waals surface area contributed by atoms with Crippen molar-refractivity contribution < 1.29 is 0 Å². The van der Waals surface area contributed by atoms with Crippen molar-refractivity contribution >= 4 is 15.9 Å². The van der Waals surface area contributed by atoms with E-state index in [1.54, 1.807) is 5.56 Å². The molecule has 70 valence electrons. The van der Waals surface area contributed by atoms with Crippen LogP contribution in [0.2, 0.25) is 0 Å². The largest absolute Gasteiger partial charge is 0.0925 e. The molecule has 0 N–H and O–H groups in total. The molecule has 1 aromatic carbocycles. The molecule has 0 spiro atoms. The summed E-state index contributed by atoms with van der Waals surface area (Å²) in [5, 5.41) is 1.16.